The van der Waals surface area contributed by atoms with E-state index in [-0.39, 0.29) is 13.2 Å². The molecule has 0 spiro atoms. The number of rotatable bonds is 7. The Bertz CT molecular complexity index is 723. The maximum atomic E-state index is 12.4. The molecule has 0 aromatic carbocycles. The quantitative estimate of drug-likeness (QED) is 0.544. The molecule has 0 aliphatic carbocycles. The van der Waals surface area contributed by atoms with E-state index in [1.54, 1.807) is 20.1 Å². The second-order valence-electron chi connectivity index (χ2n) is 5.54. The van der Waals surface area contributed by atoms with Gasteiger partial charge in [0.25, 0.3) is 11.1 Å². The molecule has 136 valence electrons. The van der Waals surface area contributed by atoms with Crippen LogP contribution in [0.3, 0.4) is 0 Å². The molecule has 1 fully saturated rings. The predicted octanol–water partition coefficient (Wildman–Crippen LogP) is 2.35. The molecule has 0 N–H and O–H groups in total. The monoisotopic (exact) mass is 366 g/mol. The number of imide groups is 1. The van der Waals surface area contributed by atoms with E-state index in [0.29, 0.717) is 18.1 Å². The smallest absolute Gasteiger partial charge is 0.326 e. The van der Waals surface area contributed by atoms with E-state index in [0.717, 1.165) is 33.6 Å². The first-order chi connectivity index (χ1) is 11.9. The SMILES string of the molecule is CCOC(=O)CN1C(=O)S/C(=C\c2cc(C)n(CCOC)c2C)C1=O. The number of thioether (sulfide) groups is 1. The highest BCUT2D eigenvalue weighted by molar-refractivity contribution is 8.18. The standard InChI is InChI=1S/C17H22N2O5S/c1-5-24-15(20)10-19-16(21)14(25-17(19)22)9-13-8-11(2)18(12(13)3)6-7-23-4/h8-9H,5-7,10H2,1-4H3/b14-9-. The zero-order chi connectivity index (χ0) is 18.6. The first kappa shape index (κ1) is 19.3. The summed E-state index contributed by atoms with van der Waals surface area (Å²) in [6, 6.07) is 1.96. The Morgan fingerprint density at radius 1 is 1.32 bits per heavy atom. The van der Waals surface area contributed by atoms with Crippen molar-refractivity contribution in [3.63, 3.8) is 0 Å². The number of esters is 1. The van der Waals surface area contributed by atoms with E-state index >= 15 is 0 Å². The number of hydrogen-bond acceptors (Lipinski definition) is 6. The lowest BCUT2D eigenvalue weighted by molar-refractivity contribution is -0.145. The lowest BCUT2D eigenvalue weighted by atomic mass is 10.2. The van der Waals surface area contributed by atoms with E-state index in [2.05, 4.69) is 4.57 Å². The van der Waals surface area contributed by atoms with Gasteiger partial charge in [0.15, 0.2) is 0 Å². The summed E-state index contributed by atoms with van der Waals surface area (Å²) in [6.45, 7) is 6.76. The van der Waals surface area contributed by atoms with Crippen LogP contribution in [0.5, 0.6) is 0 Å². The summed E-state index contributed by atoms with van der Waals surface area (Å²) < 4.78 is 12.0. The van der Waals surface area contributed by atoms with Gasteiger partial charge >= 0.3 is 5.97 Å². The van der Waals surface area contributed by atoms with Gasteiger partial charge in [0.05, 0.1) is 18.1 Å². The van der Waals surface area contributed by atoms with Crippen molar-refractivity contribution in [1.29, 1.82) is 0 Å². The van der Waals surface area contributed by atoms with Crippen molar-refractivity contribution in [3.05, 3.63) is 27.9 Å². The minimum atomic E-state index is -0.594. The van der Waals surface area contributed by atoms with Crippen LogP contribution in [-0.4, -0.2) is 53.5 Å². The van der Waals surface area contributed by atoms with Crippen LogP contribution in [0.4, 0.5) is 4.79 Å². The average Bonchev–Trinajstić information content (AvgIpc) is 2.97. The summed E-state index contributed by atoms with van der Waals surface area (Å²) in [5.74, 6) is -1.06. The molecule has 2 rings (SSSR count). The van der Waals surface area contributed by atoms with Crippen LogP contribution < -0.4 is 0 Å². The topological polar surface area (TPSA) is 77.8 Å². The summed E-state index contributed by atoms with van der Waals surface area (Å²) in [4.78, 5) is 37.2. The van der Waals surface area contributed by atoms with Crippen LogP contribution in [0.15, 0.2) is 11.0 Å². The van der Waals surface area contributed by atoms with Gasteiger partial charge in [-0.2, -0.15) is 0 Å². The third-order valence-corrected chi connectivity index (χ3v) is 4.79. The second-order valence-corrected chi connectivity index (χ2v) is 6.54. The summed E-state index contributed by atoms with van der Waals surface area (Å²) in [5.41, 5.74) is 2.91. The van der Waals surface area contributed by atoms with Gasteiger partial charge in [-0.05, 0) is 50.2 Å². The maximum absolute atomic E-state index is 12.4. The maximum Gasteiger partial charge on any atom is 0.326 e. The molecule has 1 aromatic heterocycles. The third kappa shape index (κ3) is 4.32. The molecular formula is C17H22N2O5S. The molecule has 0 saturated carbocycles. The highest BCUT2D eigenvalue weighted by Gasteiger charge is 2.36. The molecule has 0 bridgehead atoms. The largest absolute Gasteiger partial charge is 0.465 e. The van der Waals surface area contributed by atoms with Crippen LogP contribution in [0.25, 0.3) is 6.08 Å². The van der Waals surface area contributed by atoms with Gasteiger partial charge in [0.2, 0.25) is 0 Å². The van der Waals surface area contributed by atoms with Gasteiger partial charge < -0.3 is 14.0 Å². The van der Waals surface area contributed by atoms with Crippen molar-refractivity contribution in [2.45, 2.75) is 27.3 Å². The van der Waals surface area contributed by atoms with Gasteiger partial charge in [-0.1, -0.05) is 0 Å². The van der Waals surface area contributed by atoms with E-state index in [1.807, 2.05) is 19.9 Å². The average molecular weight is 366 g/mol. The molecule has 1 aliphatic rings. The molecule has 0 radical (unpaired) electrons. The lowest BCUT2D eigenvalue weighted by Crippen LogP contribution is -2.34. The fourth-order valence-corrected chi connectivity index (χ4v) is 3.44. The van der Waals surface area contributed by atoms with Crippen LogP contribution in [0.2, 0.25) is 0 Å². The summed E-state index contributed by atoms with van der Waals surface area (Å²) >= 11 is 0.835. The molecule has 2 amide bonds. The normalized spacial score (nSPS) is 16.2. The van der Waals surface area contributed by atoms with Crippen molar-refractivity contribution in [3.8, 4) is 0 Å². The molecule has 1 aromatic rings. The minimum absolute atomic E-state index is 0.207. The van der Waals surface area contributed by atoms with Gasteiger partial charge in [-0.3, -0.25) is 19.3 Å². The fraction of sp³-hybridized carbons (Fsp3) is 0.471. The summed E-state index contributed by atoms with van der Waals surface area (Å²) in [6.07, 6.45) is 1.70. The Kier molecular flexibility index (Phi) is 6.44. The molecule has 7 nitrogen and oxygen atoms in total. The van der Waals surface area contributed by atoms with Gasteiger partial charge in [0, 0.05) is 25.0 Å². The molecule has 1 saturated heterocycles. The first-order valence-electron chi connectivity index (χ1n) is 7.95. The number of ether oxygens (including phenoxy) is 2. The Morgan fingerprint density at radius 2 is 2.04 bits per heavy atom. The van der Waals surface area contributed by atoms with Crippen molar-refractivity contribution >= 4 is 35.0 Å². The number of amides is 2. The molecule has 25 heavy (non-hydrogen) atoms. The van der Waals surface area contributed by atoms with Crippen LogP contribution in [-0.2, 0) is 25.6 Å². The number of carbonyl (C=O) groups is 3. The van der Waals surface area contributed by atoms with Crippen molar-refractivity contribution < 1.29 is 23.9 Å². The summed E-state index contributed by atoms with van der Waals surface area (Å²) in [7, 11) is 1.65. The van der Waals surface area contributed by atoms with Crippen molar-refractivity contribution in [1.82, 2.24) is 9.47 Å². The van der Waals surface area contributed by atoms with Crippen molar-refractivity contribution in [2.75, 3.05) is 26.9 Å². The first-order valence-corrected chi connectivity index (χ1v) is 8.77. The zero-order valence-electron chi connectivity index (χ0n) is 14.8. The molecule has 2 heterocycles. The number of carbonyl (C=O) groups excluding carboxylic acids is 3. The van der Waals surface area contributed by atoms with Gasteiger partial charge in [0.1, 0.15) is 6.54 Å². The number of nitrogens with zero attached hydrogens (tertiary/aromatic N) is 2. The molecule has 0 atom stereocenters. The number of aromatic nitrogens is 1. The Labute approximate surface area is 150 Å². The van der Waals surface area contributed by atoms with Crippen LogP contribution >= 0.6 is 11.8 Å². The summed E-state index contributed by atoms with van der Waals surface area (Å²) in [5, 5.41) is -0.461. The molecule has 8 heteroatoms. The van der Waals surface area contributed by atoms with E-state index < -0.39 is 17.1 Å². The van der Waals surface area contributed by atoms with E-state index in [4.69, 9.17) is 9.47 Å². The Hall–Kier alpha value is -2.06. The fourth-order valence-electron chi connectivity index (χ4n) is 2.61. The highest BCUT2D eigenvalue weighted by atomic mass is 32.2. The lowest BCUT2D eigenvalue weighted by Gasteiger charge is -2.10. The number of methoxy groups -OCH3 is 1. The van der Waals surface area contributed by atoms with Crippen LogP contribution in [0, 0.1) is 13.8 Å². The highest BCUT2D eigenvalue weighted by Crippen LogP contribution is 2.33. The van der Waals surface area contributed by atoms with E-state index in [1.165, 1.54) is 0 Å². The number of hydrogen-bond donors (Lipinski definition) is 0. The van der Waals surface area contributed by atoms with Gasteiger partial charge in [-0.25, -0.2) is 0 Å². The number of aryl methyl sites for hydroxylation is 1. The van der Waals surface area contributed by atoms with Gasteiger partial charge in [-0.15, -0.1) is 0 Å². The predicted molar refractivity (Wildman–Crippen MR) is 95.1 cm³/mol. The minimum Gasteiger partial charge on any atom is -0.465 e. The Balaban J connectivity index is 2.20. The molecule has 0 unspecified atom stereocenters. The second kappa shape index (κ2) is 8.35. The molecule has 1 aliphatic heterocycles. The van der Waals surface area contributed by atoms with Crippen LogP contribution in [0.1, 0.15) is 23.9 Å². The Morgan fingerprint density at radius 3 is 2.68 bits per heavy atom. The third-order valence-electron chi connectivity index (χ3n) is 3.88. The van der Waals surface area contributed by atoms with E-state index in [9.17, 15) is 14.4 Å². The molecular weight excluding hydrogens is 344 g/mol. The zero-order valence-corrected chi connectivity index (χ0v) is 15.6. The van der Waals surface area contributed by atoms with Crippen molar-refractivity contribution in [2.24, 2.45) is 0 Å².